The van der Waals surface area contributed by atoms with Gasteiger partial charge < -0.3 is 14.4 Å². The first-order valence-corrected chi connectivity index (χ1v) is 9.79. The molecule has 0 saturated heterocycles. The Bertz CT molecular complexity index is 964. The molecule has 8 heteroatoms. The van der Waals surface area contributed by atoms with E-state index in [-0.39, 0.29) is 22.9 Å². The lowest BCUT2D eigenvalue weighted by atomic mass is 9.72. The van der Waals surface area contributed by atoms with Crippen LogP contribution in [0.2, 0.25) is 0 Å². The Labute approximate surface area is 168 Å². The minimum Gasteiger partial charge on any atom is -0.507 e. The van der Waals surface area contributed by atoms with Gasteiger partial charge >= 0.3 is 0 Å². The van der Waals surface area contributed by atoms with Gasteiger partial charge in [-0.05, 0) is 36.8 Å². The summed E-state index contributed by atoms with van der Waals surface area (Å²) < 4.78 is 21.9. The number of hydrogen-bond donors (Lipinski definition) is 1. The van der Waals surface area contributed by atoms with Crippen molar-refractivity contribution in [2.45, 2.75) is 51.8 Å². The molecule has 3 atom stereocenters. The Balaban J connectivity index is 1.49. The molecular weight excluding hydrogens is 373 g/mol. The Morgan fingerprint density at radius 1 is 1.34 bits per heavy atom. The molecule has 2 aromatic heterocycles. The molecule has 1 fully saturated rings. The molecule has 0 unspecified atom stereocenters. The summed E-state index contributed by atoms with van der Waals surface area (Å²) in [6.45, 7) is 4.29. The minimum atomic E-state index is -1.02. The third-order valence-electron chi connectivity index (χ3n) is 5.81. The number of aromatic nitrogens is 5. The summed E-state index contributed by atoms with van der Waals surface area (Å²) in [7, 11) is 0. The summed E-state index contributed by atoms with van der Waals surface area (Å²) >= 11 is 0. The Morgan fingerprint density at radius 3 is 2.86 bits per heavy atom. The number of alkyl halides is 1. The van der Waals surface area contributed by atoms with Crippen molar-refractivity contribution in [1.29, 1.82) is 0 Å². The number of benzene rings is 1. The summed E-state index contributed by atoms with van der Waals surface area (Å²) in [6.07, 6.45) is 7.93. The largest absolute Gasteiger partial charge is 0.507 e. The number of rotatable bonds is 5. The van der Waals surface area contributed by atoms with Crippen LogP contribution in [0.25, 0.3) is 17.1 Å². The molecule has 1 aromatic carbocycles. The second-order valence-electron chi connectivity index (χ2n) is 7.87. The quantitative estimate of drug-likeness (QED) is 0.697. The van der Waals surface area contributed by atoms with Gasteiger partial charge in [0, 0.05) is 18.5 Å². The third kappa shape index (κ3) is 4.06. The van der Waals surface area contributed by atoms with Crippen molar-refractivity contribution in [3.8, 4) is 28.7 Å². The predicted molar refractivity (Wildman–Crippen MR) is 106 cm³/mol. The Morgan fingerprint density at radius 2 is 2.21 bits per heavy atom. The number of hydrogen-bond acceptors (Lipinski definition) is 6. The minimum absolute atomic E-state index is 0.0292. The van der Waals surface area contributed by atoms with Gasteiger partial charge in [-0.15, -0.1) is 10.2 Å². The molecule has 4 rings (SSSR count). The number of imidazole rings is 1. The number of phenols is 1. The van der Waals surface area contributed by atoms with E-state index in [1.165, 1.54) is 6.20 Å². The lowest BCUT2D eigenvalue weighted by molar-refractivity contribution is 0.00236. The van der Waals surface area contributed by atoms with E-state index in [9.17, 15) is 9.50 Å². The van der Waals surface area contributed by atoms with Gasteiger partial charge in [-0.2, -0.15) is 0 Å². The summed E-state index contributed by atoms with van der Waals surface area (Å²) in [6, 6.07) is 5.14. The second-order valence-corrected chi connectivity index (χ2v) is 7.87. The van der Waals surface area contributed by atoms with Gasteiger partial charge in [0.1, 0.15) is 18.0 Å². The zero-order valence-corrected chi connectivity index (χ0v) is 16.5. The van der Waals surface area contributed by atoms with Gasteiger partial charge in [-0.25, -0.2) is 14.4 Å². The number of aromatic hydroxyl groups is 1. The average Bonchev–Trinajstić information content (AvgIpc) is 3.27. The fourth-order valence-corrected chi connectivity index (χ4v) is 3.70. The molecule has 29 heavy (non-hydrogen) atoms. The fourth-order valence-electron chi connectivity index (χ4n) is 3.70. The molecule has 0 spiro atoms. The van der Waals surface area contributed by atoms with Crippen molar-refractivity contribution in [2.24, 2.45) is 5.41 Å². The highest BCUT2D eigenvalue weighted by Crippen LogP contribution is 2.41. The van der Waals surface area contributed by atoms with Crippen molar-refractivity contribution >= 4 is 0 Å². The first kappa shape index (κ1) is 19.3. The van der Waals surface area contributed by atoms with Crippen LogP contribution in [0.1, 0.15) is 39.5 Å². The number of nitrogens with zero attached hydrogens (tertiary/aromatic N) is 5. The maximum Gasteiger partial charge on any atom is 0.252 e. The second kappa shape index (κ2) is 7.77. The molecule has 0 amide bonds. The van der Waals surface area contributed by atoms with Crippen LogP contribution in [-0.2, 0) is 0 Å². The predicted octanol–water partition coefficient (Wildman–Crippen LogP) is 4.12. The highest BCUT2D eigenvalue weighted by Gasteiger charge is 2.38. The molecule has 0 aliphatic heterocycles. The highest BCUT2D eigenvalue weighted by molar-refractivity contribution is 5.65. The topological polar surface area (TPSA) is 86.0 Å². The van der Waals surface area contributed by atoms with Crippen LogP contribution in [0.5, 0.6) is 11.6 Å². The van der Waals surface area contributed by atoms with Crippen LogP contribution >= 0.6 is 0 Å². The van der Waals surface area contributed by atoms with E-state index in [4.69, 9.17) is 4.74 Å². The lowest BCUT2D eigenvalue weighted by Crippen LogP contribution is -2.40. The SMILES string of the molecule is CC[C@@]1(C)CC[C@H](F)[C@@H](Oc2cnc(-c3ccc(-n4ccnc4)cc3O)nn2)C1. The molecule has 0 radical (unpaired) electrons. The highest BCUT2D eigenvalue weighted by atomic mass is 19.1. The van der Waals surface area contributed by atoms with Crippen LogP contribution < -0.4 is 4.74 Å². The van der Waals surface area contributed by atoms with E-state index in [0.717, 1.165) is 18.5 Å². The molecule has 1 saturated carbocycles. The van der Waals surface area contributed by atoms with Crippen LogP contribution in [0, 0.1) is 5.41 Å². The van der Waals surface area contributed by atoms with E-state index in [0.29, 0.717) is 18.4 Å². The van der Waals surface area contributed by atoms with Crippen molar-refractivity contribution in [1.82, 2.24) is 24.7 Å². The van der Waals surface area contributed by atoms with Crippen LogP contribution in [0.15, 0.2) is 43.1 Å². The van der Waals surface area contributed by atoms with Gasteiger partial charge in [0.25, 0.3) is 5.88 Å². The van der Waals surface area contributed by atoms with Crippen molar-refractivity contribution in [3.05, 3.63) is 43.1 Å². The van der Waals surface area contributed by atoms with Gasteiger partial charge in [0.2, 0.25) is 0 Å². The molecule has 2 heterocycles. The van der Waals surface area contributed by atoms with Crippen molar-refractivity contribution in [2.75, 3.05) is 0 Å². The lowest BCUT2D eigenvalue weighted by Gasteiger charge is -2.38. The zero-order valence-electron chi connectivity index (χ0n) is 16.5. The van der Waals surface area contributed by atoms with E-state index < -0.39 is 12.3 Å². The van der Waals surface area contributed by atoms with Crippen molar-refractivity contribution < 1.29 is 14.2 Å². The smallest absolute Gasteiger partial charge is 0.252 e. The maximum atomic E-state index is 14.3. The summed E-state index contributed by atoms with van der Waals surface area (Å²) in [5.41, 5.74) is 1.30. The van der Waals surface area contributed by atoms with Crippen LogP contribution in [0.3, 0.4) is 0 Å². The van der Waals surface area contributed by atoms with Gasteiger partial charge in [-0.1, -0.05) is 20.3 Å². The standard InChI is InChI=1S/C21H24FN5O2/c1-3-21(2)7-6-16(22)18(11-21)29-19-12-24-20(26-25-19)15-5-4-14(10-17(15)28)27-9-8-23-13-27/h4-5,8-10,12-13,16,18,28H,3,6-7,11H2,1-2H3/t16-,18-,21-/m0/s1. The maximum absolute atomic E-state index is 14.3. The number of phenolic OH excluding ortho intramolecular Hbond substituents is 1. The molecule has 1 aliphatic carbocycles. The number of ether oxygens (including phenoxy) is 1. The normalized spacial score (nSPS) is 24.4. The summed E-state index contributed by atoms with van der Waals surface area (Å²) in [5.74, 6) is 0.489. The summed E-state index contributed by atoms with van der Waals surface area (Å²) in [5, 5.41) is 18.5. The van der Waals surface area contributed by atoms with E-state index >= 15 is 0 Å². The molecule has 1 aliphatic rings. The fraction of sp³-hybridized carbons (Fsp3) is 0.429. The molecular formula is C21H24FN5O2. The van der Waals surface area contributed by atoms with E-state index in [1.807, 2.05) is 6.07 Å². The van der Waals surface area contributed by atoms with Gasteiger partial charge in [-0.3, -0.25) is 0 Å². The first-order valence-electron chi connectivity index (χ1n) is 9.79. The monoisotopic (exact) mass is 397 g/mol. The molecule has 152 valence electrons. The Kier molecular flexibility index (Phi) is 5.17. The van der Waals surface area contributed by atoms with E-state index in [2.05, 4.69) is 34.0 Å². The van der Waals surface area contributed by atoms with Gasteiger partial charge in [0.05, 0.1) is 23.8 Å². The molecule has 3 aromatic rings. The van der Waals surface area contributed by atoms with E-state index in [1.54, 1.807) is 35.4 Å². The van der Waals surface area contributed by atoms with Crippen LogP contribution in [-0.4, -0.2) is 42.1 Å². The first-order chi connectivity index (χ1) is 14.0. The Hall–Kier alpha value is -3.03. The summed E-state index contributed by atoms with van der Waals surface area (Å²) in [4.78, 5) is 8.24. The number of halogens is 1. The molecule has 7 nitrogen and oxygen atoms in total. The van der Waals surface area contributed by atoms with Crippen LogP contribution in [0.4, 0.5) is 4.39 Å². The molecule has 0 bridgehead atoms. The molecule has 1 N–H and O–H groups in total. The third-order valence-corrected chi connectivity index (χ3v) is 5.81. The average molecular weight is 397 g/mol. The van der Waals surface area contributed by atoms with Crippen molar-refractivity contribution in [3.63, 3.8) is 0 Å². The zero-order chi connectivity index (χ0) is 20.4. The van der Waals surface area contributed by atoms with Gasteiger partial charge in [0.15, 0.2) is 5.82 Å².